The first-order valence-corrected chi connectivity index (χ1v) is 7.83. The van der Waals surface area contributed by atoms with Gasteiger partial charge in [0.1, 0.15) is 0 Å². The van der Waals surface area contributed by atoms with Gasteiger partial charge in [0.2, 0.25) is 0 Å². The average Bonchev–Trinajstić information content (AvgIpc) is 3.20. The van der Waals surface area contributed by atoms with Crippen LogP contribution in [0.3, 0.4) is 0 Å². The van der Waals surface area contributed by atoms with Crippen LogP contribution in [0.2, 0.25) is 0 Å². The van der Waals surface area contributed by atoms with Gasteiger partial charge in [-0.1, -0.05) is 33.1 Å². The molecule has 0 heterocycles. The van der Waals surface area contributed by atoms with Gasteiger partial charge in [0.05, 0.1) is 0 Å². The van der Waals surface area contributed by atoms with Crippen LogP contribution in [-0.4, -0.2) is 11.1 Å². The Kier molecular flexibility index (Phi) is 5.03. The van der Waals surface area contributed by atoms with E-state index in [9.17, 15) is 9.50 Å². The molecular formula is C17H26FNO. The molecule has 20 heavy (non-hydrogen) atoms. The van der Waals surface area contributed by atoms with Gasteiger partial charge in [-0.25, -0.2) is 4.39 Å². The molecule has 1 aromatic rings. The number of aryl methyl sites for hydroxylation is 1. The standard InChI is InChI=1S/C14H18FNO.C3H8/c15-12-7-10-9(6-14(12)17)3-4-13(16)11(10)5-8-1-2-8;1-3-2/h6-8,11,13,17H,1-5,16H2;3H2,1-2H3. The van der Waals surface area contributed by atoms with Gasteiger partial charge in [0.25, 0.3) is 0 Å². The Labute approximate surface area is 121 Å². The van der Waals surface area contributed by atoms with Crippen molar-refractivity contribution in [2.75, 3.05) is 0 Å². The molecule has 2 unspecified atom stereocenters. The van der Waals surface area contributed by atoms with Gasteiger partial charge in [0.15, 0.2) is 11.6 Å². The molecule has 2 nitrogen and oxygen atoms in total. The van der Waals surface area contributed by atoms with E-state index < -0.39 is 5.82 Å². The Bertz CT molecular complexity index is 457. The Hall–Kier alpha value is -1.09. The van der Waals surface area contributed by atoms with Crippen molar-refractivity contribution in [3.63, 3.8) is 0 Å². The SMILES string of the molecule is CCC.NC1CCc2cc(O)c(F)cc2C1CC1CC1. The quantitative estimate of drug-likeness (QED) is 0.856. The average molecular weight is 279 g/mol. The molecule has 2 aliphatic rings. The van der Waals surface area contributed by atoms with Crippen molar-refractivity contribution in [1.29, 1.82) is 0 Å². The molecule has 1 saturated carbocycles. The summed E-state index contributed by atoms with van der Waals surface area (Å²) in [5.41, 5.74) is 8.29. The maximum Gasteiger partial charge on any atom is 0.165 e. The molecule has 0 aliphatic heterocycles. The van der Waals surface area contributed by atoms with E-state index in [1.807, 2.05) is 0 Å². The highest BCUT2D eigenvalue weighted by Gasteiger charge is 2.33. The molecule has 1 fully saturated rings. The third kappa shape index (κ3) is 3.51. The Morgan fingerprint density at radius 2 is 1.90 bits per heavy atom. The van der Waals surface area contributed by atoms with Crippen molar-refractivity contribution < 1.29 is 9.50 Å². The van der Waals surface area contributed by atoms with Crippen LogP contribution in [0.15, 0.2) is 12.1 Å². The van der Waals surface area contributed by atoms with Crippen LogP contribution in [0.25, 0.3) is 0 Å². The second-order valence-electron chi connectivity index (χ2n) is 6.20. The number of fused-ring (bicyclic) bond motifs is 1. The molecule has 1 aromatic carbocycles. The van der Waals surface area contributed by atoms with Crippen LogP contribution in [-0.2, 0) is 6.42 Å². The molecule has 0 spiro atoms. The predicted octanol–water partition coefficient (Wildman–Crippen LogP) is 4.10. The largest absolute Gasteiger partial charge is 0.505 e. The fourth-order valence-corrected chi connectivity index (χ4v) is 2.95. The summed E-state index contributed by atoms with van der Waals surface area (Å²) in [5.74, 6) is 0.318. The highest BCUT2D eigenvalue weighted by atomic mass is 19.1. The molecular weight excluding hydrogens is 253 g/mol. The van der Waals surface area contributed by atoms with Crippen LogP contribution < -0.4 is 5.73 Å². The minimum absolute atomic E-state index is 0.145. The van der Waals surface area contributed by atoms with Crippen molar-refractivity contribution in [3.8, 4) is 5.75 Å². The molecule has 0 bridgehead atoms. The van der Waals surface area contributed by atoms with Crippen molar-refractivity contribution in [3.05, 3.63) is 29.1 Å². The maximum absolute atomic E-state index is 13.5. The zero-order chi connectivity index (χ0) is 14.7. The lowest BCUT2D eigenvalue weighted by Gasteiger charge is -2.31. The van der Waals surface area contributed by atoms with E-state index in [-0.39, 0.29) is 17.7 Å². The first-order chi connectivity index (χ1) is 9.56. The summed E-state index contributed by atoms with van der Waals surface area (Å²) in [6, 6.07) is 3.22. The van der Waals surface area contributed by atoms with Gasteiger partial charge >= 0.3 is 0 Å². The number of halogens is 1. The number of rotatable bonds is 2. The van der Waals surface area contributed by atoms with Gasteiger partial charge in [-0.2, -0.15) is 0 Å². The number of nitrogens with two attached hydrogens (primary N) is 1. The lowest BCUT2D eigenvalue weighted by atomic mass is 9.77. The summed E-state index contributed by atoms with van der Waals surface area (Å²) >= 11 is 0. The first kappa shape index (κ1) is 15.3. The molecule has 0 amide bonds. The minimum Gasteiger partial charge on any atom is -0.505 e. The van der Waals surface area contributed by atoms with Crippen molar-refractivity contribution in [2.45, 2.75) is 64.3 Å². The Balaban J connectivity index is 0.000000452. The zero-order valence-electron chi connectivity index (χ0n) is 12.5. The fourth-order valence-electron chi connectivity index (χ4n) is 2.95. The first-order valence-electron chi connectivity index (χ1n) is 7.83. The van der Waals surface area contributed by atoms with Crippen LogP contribution >= 0.6 is 0 Å². The van der Waals surface area contributed by atoms with Gasteiger partial charge in [0, 0.05) is 6.04 Å². The fraction of sp³-hybridized carbons (Fsp3) is 0.647. The third-order valence-corrected chi connectivity index (χ3v) is 4.16. The van der Waals surface area contributed by atoms with Gasteiger partial charge in [-0.05, 0) is 54.4 Å². The highest BCUT2D eigenvalue weighted by molar-refractivity contribution is 5.41. The molecule has 0 aromatic heterocycles. The summed E-state index contributed by atoms with van der Waals surface area (Å²) in [5, 5.41) is 9.42. The molecule has 0 radical (unpaired) electrons. The van der Waals surface area contributed by atoms with Gasteiger partial charge in [-0.3, -0.25) is 0 Å². The zero-order valence-corrected chi connectivity index (χ0v) is 12.5. The normalized spacial score (nSPS) is 24.6. The Morgan fingerprint density at radius 1 is 1.25 bits per heavy atom. The second-order valence-corrected chi connectivity index (χ2v) is 6.20. The van der Waals surface area contributed by atoms with E-state index in [0.29, 0.717) is 0 Å². The van der Waals surface area contributed by atoms with Crippen molar-refractivity contribution in [2.24, 2.45) is 11.7 Å². The van der Waals surface area contributed by atoms with E-state index in [1.165, 1.54) is 25.3 Å². The van der Waals surface area contributed by atoms with Crippen LogP contribution in [0.4, 0.5) is 4.39 Å². The topological polar surface area (TPSA) is 46.2 Å². The van der Waals surface area contributed by atoms with Crippen molar-refractivity contribution in [1.82, 2.24) is 0 Å². The predicted molar refractivity (Wildman–Crippen MR) is 80.4 cm³/mol. The minimum atomic E-state index is -0.515. The maximum atomic E-state index is 13.5. The van der Waals surface area contributed by atoms with E-state index in [4.69, 9.17) is 5.73 Å². The monoisotopic (exact) mass is 279 g/mol. The van der Waals surface area contributed by atoms with E-state index >= 15 is 0 Å². The molecule has 2 atom stereocenters. The molecule has 0 saturated heterocycles. The lowest BCUT2D eigenvalue weighted by Crippen LogP contribution is -2.33. The van der Waals surface area contributed by atoms with Crippen LogP contribution in [0, 0.1) is 11.7 Å². The number of phenolic OH excluding ortho intramolecular Hbond substituents is 1. The molecule has 3 rings (SSSR count). The highest BCUT2D eigenvalue weighted by Crippen LogP contribution is 2.43. The molecule has 3 N–H and O–H groups in total. The lowest BCUT2D eigenvalue weighted by molar-refractivity contribution is 0.408. The summed E-state index contributed by atoms with van der Waals surface area (Å²) in [7, 11) is 0. The summed E-state index contributed by atoms with van der Waals surface area (Å²) < 4.78 is 13.5. The summed E-state index contributed by atoms with van der Waals surface area (Å²) in [4.78, 5) is 0. The summed E-state index contributed by atoms with van der Waals surface area (Å²) in [6.07, 6.45) is 6.71. The van der Waals surface area contributed by atoms with Gasteiger partial charge in [-0.15, -0.1) is 0 Å². The number of aromatic hydroxyl groups is 1. The van der Waals surface area contributed by atoms with Crippen molar-refractivity contribution >= 4 is 0 Å². The number of phenols is 1. The number of benzene rings is 1. The van der Waals surface area contributed by atoms with E-state index in [0.717, 1.165) is 36.3 Å². The van der Waals surface area contributed by atoms with Crippen LogP contribution in [0.1, 0.15) is 63.0 Å². The smallest absolute Gasteiger partial charge is 0.165 e. The number of hydrogen-bond acceptors (Lipinski definition) is 2. The Morgan fingerprint density at radius 3 is 2.50 bits per heavy atom. The molecule has 2 aliphatic carbocycles. The third-order valence-electron chi connectivity index (χ3n) is 4.16. The van der Waals surface area contributed by atoms with E-state index in [1.54, 1.807) is 6.07 Å². The van der Waals surface area contributed by atoms with Crippen LogP contribution in [0.5, 0.6) is 5.75 Å². The summed E-state index contributed by atoms with van der Waals surface area (Å²) in [6.45, 7) is 4.25. The second kappa shape index (κ2) is 6.57. The van der Waals surface area contributed by atoms with Gasteiger partial charge < -0.3 is 10.8 Å². The molecule has 112 valence electrons. The van der Waals surface area contributed by atoms with E-state index in [2.05, 4.69) is 13.8 Å². The number of hydrogen-bond donors (Lipinski definition) is 2. The molecule has 3 heteroatoms.